The highest BCUT2D eigenvalue weighted by Crippen LogP contribution is 2.57. The third-order valence-corrected chi connectivity index (χ3v) is 7.45. The molecule has 1 aromatic heterocycles. The summed E-state index contributed by atoms with van der Waals surface area (Å²) in [7, 11) is 0. The van der Waals surface area contributed by atoms with Gasteiger partial charge in [0, 0.05) is 23.4 Å². The fraction of sp³-hybridized carbons (Fsp3) is 0.240. The molecule has 168 valence electrons. The van der Waals surface area contributed by atoms with Crippen LogP contribution in [0.3, 0.4) is 0 Å². The number of fused-ring (bicyclic) bond motifs is 4. The van der Waals surface area contributed by atoms with E-state index in [0.717, 1.165) is 11.3 Å². The maximum absolute atomic E-state index is 14.4. The zero-order chi connectivity index (χ0) is 23.5. The molecule has 2 aliphatic rings. The third kappa shape index (κ3) is 3.08. The summed E-state index contributed by atoms with van der Waals surface area (Å²) in [4.78, 5) is 41.3. The summed E-state index contributed by atoms with van der Waals surface area (Å²) in [5, 5.41) is 12.8. The number of amides is 2. The van der Waals surface area contributed by atoms with Crippen molar-refractivity contribution in [3.05, 3.63) is 69.7 Å². The quantitative estimate of drug-likeness (QED) is 0.576. The van der Waals surface area contributed by atoms with E-state index in [1.54, 1.807) is 35.2 Å². The Hall–Kier alpha value is -3.52. The summed E-state index contributed by atoms with van der Waals surface area (Å²) in [5.41, 5.74) is 0.794. The van der Waals surface area contributed by atoms with Crippen molar-refractivity contribution >= 4 is 40.5 Å². The first-order valence-corrected chi connectivity index (χ1v) is 11.4. The standard InChI is InChI=1S/C25H21FN2O4S/c1-13(2)12-28-17-9-8-15(26)10-16(17)25(24(28)32)11-18(29)27-20-19(14-6-4-3-5-7-14)21(23(30)31)33-22(20)25/h3-10,13H,11-12H2,1-2H3,(H,27,29)(H,30,31)/t25-/m0/s1. The van der Waals surface area contributed by atoms with Crippen LogP contribution in [0.2, 0.25) is 0 Å². The largest absolute Gasteiger partial charge is 0.477 e. The van der Waals surface area contributed by atoms with Crippen LogP contribution < -0.4 is 10.2 Å². The molecule has 0 fully saturated rings. The number of rotatable bonds is 4. The molecule has 0 aliphatic carbocycles. The molecule has 3 aromatic rings. The molecule has 1 spiro atoms. The number of aromatic carboxylic acids is 1. The van der Waals surface area contributed by atoms with Gasteiger partial charge in [-0.2, -0.15) is 0 Å². The second-order valence-corrected chi connectivity index (χ2v) is 9.80. The van der Waals surface area contributed by atoms with Gasteiger partial charge in [0.05, 0.1) is 17.0 Å². The van der Waals surface area contributed by atoms with Gasteiger partial charge in [0.2, 0.25) is 11.8 Å². The number of hydrogen-bond acceptors (Lipinski definition) is 4. The van der Waals surface area contributed by atoms with Crippen LogP contribution in [-0.4, -0.2) is 29.4 Å². The predicted molar refractivity (Wildman–Crippen MR) is 124 cm³/mol. The summed E-state index contributed by atoms with van der Waals surface area (Å²) in [6.45, 7) is 4.35. The summed E-state index contributed by atoms with van der Waals surface area (Å²) < 4.78 is 14.4. The molecule has 2 N–H and O–H groups in total. The van der Waals surface area contributed by atoms with Crippen LogP contribution in [0.1, 0.15) is 40.4 Å². The normalized spacial score (nSPS) is 19.1. The van der Waals surface area contributed by atoms with Gasteiger partial charge in [0.25, 0.3) is 0 Å². The van der Waals surface area contributed by atoms with Gasteiger partial charge in [-0.15, -0.1) is 11.3 Å². The van der Waals surface area contributed by atoms with Gasteiger partial charge < -0.3 is 15.3 Å². The Labute approximate surface area is 193 Å². The number of carbonyl (C=O) groups excluding carboxylic acids is 2. The molecule has 8 heteroatoms. The Morgan fingerprint density at radius 1 is 1.21 bits per heavy atom. The lowest BCUT2D eigenvalue weighted by Gasteiger charge is -2.33. The molecule has 2 amide bonds. The van der Waals surface area contributed by atoms with Gasteiger partial charge in [-0.25, -0.2) is 9.18 Å². The number of thiophene rings is 1. The van der Waals surface area contributed by atoms with Gasteiger partial charge >= 0.3 is 5.97 Å². The molecule has 0 radical (unpaired) electrons. The number of hydrogen-bond donors (Lipinski definition) is 2. The van der Waals surface area contributed by atoms with E-state index in [1.807, 2.05) is 19.9 Å². The van der Waals surface area contributed by atoms with E-state index in [0.29, 0.717) is 39.5 Å². The van der Waals surface area contributed by atoms with Crippen LogP contribution in [0.15, 0.2) is 48.5 Å². The van der Waals surface area contributed by atoms with Crippen LogP contribution in [0, 0.1) is 11.7 Å². The lowest BCUT2D eigenvalue weighted by Crippen LogP contribution is -2.46. The number of nitrogens with zero attached hydrogens (tertiary/aromatic N) is 1. The first-order chi connectivity index (χ1) is 15.7. The molecule has 0 saturated heterocycles. The van der Waals surface area contributed by atoms with E-state index >= 15 is 0 Å². The molecule has 0 unspecified atom stereocenters. The molecular formula is C25H21FN2O4S. The van der Waals surface area contributed by atoms with Crippen molar-refractivity contribution in [3.8, 4) is 11.1 Å². The van der Waals surface area contributed by atoms with E-state index in [2.05, 4.69) is 5.32 Å². The van der Waals surface area contributed by atoms with E-state index in [1.165, 1.54) is 12.1 Å². The smallest absolute Gasteiger partial charge is 0.346 e. The molecule has 0 saturated carbocycles. The number of carboxylic acids is 1. The fourth-order valence-electron chi connectivity index (χ4n) is 4.86. The van der Waals surface area contributed by atoms with Crippen LogP contribution in [-0.2, 0) is 15.0 Å². The van der Waals surface area contributed by atoms with Crippen molar-refractivity contribution in [2.75, 3.05) is 16.8 Å². The highest BCUT2D eigenvalue weighted by molar-refractivity contribution is 7.15. The first kappa shape index (κ1) is 21.3. The Kier molecular flexibility index (Phi) is 4.86. The zero-order valence-electron chi connectivity index (χ0n) is 18.0. The summed E-state index contributed by atoms with van der Waals surface area (Å²) >= 11 is 0.973. The third-order valence-electron chi connectivity index (χ3n) is 6.11. The highest BCUT2D eigenvalue weighted by atomic mass is 32.1. The number of nitrogens with one attached hydrogen (secondary N) is 1. The van der Waals surface area contributed by atoms with Crippen molar-refractivity contribution < 1.29 is 23.9 Å². The second-order valence-electron chi connectivity index (χ2n) is 8.78. The fourth-order valence-corrected chi connectivity index (χ4v) is 6.18. The molecule has 0 bridgehead atoms. The van der Waals surface area contributed by atoms with Crippen molar-refractivity contribution in [1.29, 1.82) is 0 Å². The second kappa shape index (κ2) is 7.52. The van der Waals surface area contributed by atoms with Crippen LogP contribution in [0.5, 0.6) is 0 Å². The van der Waals surface area contributed by atoms with Crippen molar-refractivity contribution in [2.24, 2.45) is 5.92 Å². The van der Waals surface area contributed by atoms with Gasteiger partial charge in [-0.3, -0.25) is 9.59 Å². The van der Waals surface area contributed by atoms with Gasteiger partial charge in [-0.05, 0) is 29.7 Å². The molecule has 5 rings (SSSR count). The van der Waals surface area contributed by atoms with Gasteiger partial charge in [0.1, 0.15) is 16.1 Å². The van der Waals surface area contributed by atoms with Crippen molar-refractivity contribution in [2.45, 2.75) is 25.7 Å². The summed E-state index contributed by atoms with van der Waals surface area (Å²) in [6, 6.07) is 13.1. The van der Waals surface area contributed by atoms with E-state index in [4.69, 9.17) is 0 Å². The molecule has 2 aromatic carbocycles. The summed E-state index contributed by atoms with van der Waals surface area (Å²) in [6.07, 6.45) is -0.211. The average molecular weight is 465 g/mol. The van der Waals surface area contributed by atoms with Crippen LogP contribution in [0.4, 0.5) is 15.8 Å². The Bertz CT molecular complexity index is 1320. The zero-order valence-corrected chi connectivity index (χ0v) is 18.8. The number of halogens is 1. The average Bonchev–Trinajstić information content (AvgIpc) is 3.25. The van der Waals surface area contributed by atoms with E-state index < -0.39 is 23.1 Å². The molecular weight excluding hydrogens is 443 g/mol. The minimum Gasteiger partial charge on any atom is -0.477 e. The maximum atomic E-state index is 14.4. The number of carboxylic acid groups (broad SMARTS) is 1. The highest BCUT2D eigenvalue weighted by Gasteiger charge is 2.58. The SMILES string of the molecule is CC(C)CN1C(=O)[C@@]2(CC(=O)Nc3c2sc(C(=O)O)c3-c2ccccc2)c2cc(F)ccc21. The molecule has 6 nitrogen and oxygen atoms in total. The number of carbonyl (C=O) groups is 3. The predicted octanol–water partition coefficient (Wildman–Crippen LogP) is 4.88. The Morgan fingerprint density at radius 3 is 2.61 bits per heavy atom. The van der Waals surface area contributed by atoms with E-state index in [-0.39, 0.29) is 23.1 Å². The number of anilines is 2. The Balaban J connectivity index is 1.84. The van der Waals surface area contributed by atoms with Crippen molar-refractivity contribution in [3.63, 3.8) is 0 Å². The topological polar surface area (TPSA) is 86.7 Å². The molecule has 1 atom stereocenters. The minimum absolute atomic E-state index is 0.0286. The lowest BCUT2D eigenvalue weighted by atomic mass is 9.74. The van der Waals surface area contributed by atoms with Crippen LogP contribution >= 0.6 is 11.3 Å². The summed E-state index contributed by atoms with van der Waals surface area (Å²) in [5.74, 6) is -2.27. The molecule has 2 aliphatic heterocycles. The van der Waals surface area contributed by atoms with Crippen LogP contribution in [0.25, 0.3) is 11.1 Å². The Morgan fingerprint density at radius 2 is 1.94 bits per heavy atom. The maximum Gasteiger partial charge on any atom is 0.346 e. The van der Waals surface area contributed by atoms with E-state index in [9.17, 15) is 23.9 Å². The minimum atomic E-state index is -1.47. The van der Waals surface area contributed by atoms with Gasteiger partial charge in [-0.1, -0.05) is 44.2 Å². The first-order valence-electron chi connectivity index (χ1n) is 10.6. The van der Waals surface area contributed by atoms with Crippen molar-refractivity contribution in [1.82, 2.24) is 0 Å². The lowest BCUT2D eigenvalue weighted by molar-refractivity contribution is -0.126. The molecule has 3 heterocycles. The number of benzene rings is 2. The monoisotopic (exact) mass is 464 g/mol. The van der Waals surface area contributed by atoms with Gasteiger partial charge in [0.15, 0.2) is 0 Å². The molecule has 33 heavy (non-hydrogen) atoms.